The highest BCUT2D eigenvalue weighted by Gasteiger charge is 2.76. The smallest absolute Gasteiger partial charge is 0.245 e. The molecule has 0 radical (unpaired) electrons. The first-order valence-electron chi connectivity index (χ1n) is 11.5. The summed E-state index contributed by atoms with van der Waals surface area (Å²) in [6.45, 7) is 6.43. The molecule has 3 aliphatic rings. The van der Waals surface area contributed by atoms with Crippen molar-refractivity contribution >= 4 is 33.7 Å². The maximum Gasteiger partial charge on any atom is 0.245 e. The van der Waals surface area contributed by atoms with Crippen molar-refractivity contribution < 1.29 is 24.2 Å². The van der Waals surface area contributed by atoms with E-state index in [-0.39, 0.29) is 35.1 Å². The second-order valence-corrected chi connectivity index (χ2v) is 10.7. The molecule has 1 spiro atoms. The molecule has 0 aromatic heterocycles. The molecule has 3 rings (SSSR count). The number of halogens is 1. The van der Waals surface area contributed by atoms with Crippen LogP contribution < -0.4 is 10.6 Å². The molecule has 8 nitrogen and oxygen atoms in total. The van der Waals surface area contributed by atoms with Crippen LogP contribution in [0.15, 0.2) is 0 Å². The summed E-state index contributed by atoms with van der Waals surface area (Å²) in [7, 11) is 1.55. The van der Waals surface area contributed by atoms with Gasteiger partial charge in [-0.1, -0.05) is 49.5 Å². The molecule has 0 aliphatic carbocycles. The molecule has 3 heterocycles. The summed E-state index contributed by atoms with van der Waals surface area (Å²) in [6.07, 6.45) is 3.50. The second kappa shape index (κ2) is 9.75. The highest BCUT2D eigenvalue weighted by Crippen LogP contribution is 2.60. The van der Waals surface area contributed by atoms with E-state index in [2.05, 4.69) is 33.5 Å². The molecular weight excluding hydrogens is 466 g/mol. The van der Waals surface area contributed by atoms with E-state index in [9.17, 15) is 19.5 Å². The number of nitrogens with zero attached hydrogens (tertiary/aromatic N) is 1. The van der Waals surface area contributed by atoms with Gasteiger partial charge < -0.3 is 25.4 Å². The predicted octanol–water partition coefficient (Wildman–Crippen LogP) is 1.19. The minimum absolute atomic E-state index is 0.119. The van der Waals surface area contributed by atoms with Crippen LogP contribution in [0.3, 0.4) is 0 Å². The molecule has 176 valence electrons. The Morgan fingerprint density at radius 3 is 2.61 bits per heavy atom. The van der Waals surface area contributed by atoms with Gasteiger partial charge in [-0.05, 0) is 25.2 Å². The monoisotopic (exact) mass is 501 g/mol. The highest BCUT2D eigenvalue weighted by atomic mass is 79.9. The number of unbranched alkanes of at least 4 members (excludes halogenated alkanes) is 2. The average molecular weight is 502 g/mol. The largest absolute Gasteiger partial charge is 0.394 e. The first-order valence-corrected chi connectivity index (χ1v) is 12.4. The van der Waals surface area contributed by atoms with Crippen LogP contribution >= 0.6 is 15.9 Å². The summed E-state index contributed by atoms with van der Waals surface area (Å²) in [6, 6.07) is -1.36. The van der Waals surface area contributed by atoms with Gasteiger partial charge in [0, 0.05) is 18.4 Å². The lowest BCUT2D eigenvalue weighted by Crippen LogP contribution is -2.58. The van der Waals surface area contributed by atoms with Gasteiger partial charge in [0.25, 0.3) is 0 Å². The van der Waals surface area contributed by atoms with Gasteiger partial charge in [0.15, 0.2) is 0 Å². The minimum atomic E-state index is -1.06. The van der Waals surface area contributed by atoms with Gasteiger partial charge in [-0.2, -0.15) is 0 Å². The third-order valence-electron chi connectivity index (χ3n) is 6.95. The van der Waals surface area contributed by atoms with Crippen LogP contribution in [0, 0.1) is 17.8 Å². The molecule has 3 saturated heterocycles. The van der Waals surface area contributed by atoms with Crippen molar-refractivity contribution in [3.63, 3.8) is 0 Å². The number of carbonyl (C=O) groups excluding carboxylic acids is 3. The number of hydrogen-bond acceptors (Lipinski definition) is 5. The normalized spacial score (nSPS) is 34.9. The zero-order valence-corrected chi connectivity index (χ0v) is 20.5. The third-order valence-corrected chi connectivity index (χ3v) is 7.80. The van der Waals surface area contributed by atoms with Crippen LogP contribution in [0.1, 0.15) is 52.9 Å². The summed E-state index contributed by atoms with van der Waals surface area (Å²) in [4.78, 5) is 41.4. The fraction of sp³-hybridized carbons (Fsp3) is 0.864. The summed E-state index contributed by atoms with van der Waals surface area (Å²) in [5.74, 6) is -1.92. The van der Waals surface area contributed by atoms with Crippen molar-refractivity contribution in [2.24, 2.45) is 17.8 Å². The number of nitrogens with one attached hydrogen (secondary N) is 2. The number of aliphatic hydroxyl groups is 1. The standard InChI is InChI=1S/C22H36BrN3O5/c1-5-6-7-8-25-20(29)18-22-10-14(23)17(31-22)15(19(28)24-4)16(22)21(30)26(18)13(11-27)9-12(2)3/h12-18,27H,5-11H2,1-4H3,(H,24,28)(H,25,29)/t13-,14?,15-,16+,17-,18?,22?/m1/s1. The molecule has 3 aliphatic heterocycles. The fourth-order valence-corrected chi connectivity index (χ4v) is 6.67. The van der Waals surface area contributed by atoms with Crippen molar-refractivity contribution in [2.45, 2.75) is 81.5 Å². The van der Waals surface area contributed by atoms with E-state index in [0.717, 1.165) is 19.3 Å². The Bertz CT molecular complexity index is 705. The van der Waals surface area contributed by atoms with Gasteiger partial charge in [0.05, 0.1) is 30.6 Å². The van der Waals surface area contributed by atoms with E-state index < -0.39 is 35.6 Å². The van der Waals surface area contributed by atoms with Crippen LogP contribution in [0.25, 0.3) is 0 Å². The fourth-order valence-electron chi connectivity index (χ4n) is 5.73. The Kier molecular flexibility index (Phi) is 7.69. The first kappa shape index (κ1) is 24.5. The van der Waals surface area contributed by atoms with Gasteiger partial charge in [0.1, 0.15) is 11.6 Å². The van der Waals surface area contributed by atoms with Crippen molar-refractivity contribution in [1.29, 1.82) is 0 Å². The number of ether oxygens (including phenoxy) is 1. The number of aliphatic hydroxyl groups excluding tert-OH is 1. The van der Waals surface area contributed by atoms with E-state index in [1.165, 1.54) is 4.90 Å². The Hall–Kier alpha value is -1.19. The number of rotatable bonds is 10. The molecule has 31 heavy (non-hydrogen) atoms. The van der Waals surface area contributed by atoms with E-state index in [1.54, 1.807) is 7.05 Å². The van der Waals surface area contributed by atoms with Crippen molar-refractivity contribution in [3.8, 4) is 0 Å². The van der Waals surface area contributed by atoms with E-state index in [4.69, 9.17) is 4.74 Å². The van der Waals surface area contributed by atoms with E-state index >= 15 is 0 Å². The molecule has 0 aromatic rings. The highest BCUT2D eigenvalue weighted by molar-refractivity contribution is 9.09. The lowest BCUT2D eigenvalue weighted by atomic mass is 9.70. The van der Waals surface area contributed by atoms with Gasteiger partial charge in [-0.15, -0.1) is 0 Å². The van der Waals surface area contributed by atoms with Crippen LogP contribution in [0.4, 0.5) is 0 Å². The molecule has 9 heteroatoms. The van der Waals surface area contributed by atoms with Gasteiger partial charge in [0.2, 0.25) is 17.7 Å². The topological polar surface area (TPSA) is 108 Å². The van der Waals surface area contributed by atoms with E-state index in [1.807, 2.05) is 13.8 Å². The third kappa shape index (κ3) is 4.13. The Morgan fingerprint density at radius 2 is 2.03 bits per heavy atom. The summed E-state index contributed by atoms with van der Waals surface area (Å²) in [5, 5.41) is 15.8. The van der Waals surface area contributed by atoms with Gasteiger partial charge >= 0.3 is 0 Å². The van der Waals surface area contributed by atoms with Crippen molar-refractivity contribution in [1.82, 2.24) is 15.5 Å². The number of hydrogen-bond donors (Lipinski definition) is 3. The summed E-state index contributed by atoms with van der Waals surface area (Å²) < 4.78 is 6.38. The molecule has 0 saturated carbocycles. The minimum Gasteiger partial charge on any atom is -0.394 e. The Balaban J connectivity index is 1.99. The lowest BCUT2D eigenvalue weighted by molar-refractivity contribution is -0.146. The SMILES string of the molecule is CCCCCNC(=O)C1N([C@@H](CO)CC(C)C)C(=O)[C@@H]2[C@@H](C(=O)NC)[C@@H]3OC12CC3Br. The average Bonchev–Trinajstić information content (AvgIpc) is 3.32. The van der Waals surface area contributed by atoms with Gasteiger partial charge in [-0.3, -0.25) is 14.4 Å². The molecule has 3 amide bonds. The second-order valence-electron chi connectivity index (χ2n) is 9.49. The summed E-state index contributed by atoms with van der Waals surface area (Å²) >= 11 is 3.63. The van der Waals surface area contributed by atoms with Crippen molar-refractivity contribution in [3.05, 3.63) is 0 Å². The summed E-state index contributed by atoms with van der Waals surface area (Å²) in [5.41, 5.74) is -1.06. The molecular formula is C22H36BrN3O5. The number of amides is 3. The van der Waals surface area contributed by atoms with E-state index in [0.29, 0.717) is 19.4 Å². The Labute approximate surface area is 193 Å². The number of carbonyl (C=O) groups is 3. The van der Waals surface area contributed by atoms with Crippen LogP contribution in [0.2, 0.25) is 0 Å². The molecule has 7 atom stereocenters. The first-order chi connectivity index (χ1) is 14.7. The quantitative estimate of drug-likeness (QED) is 0.307. The maximum absolute atomic E-state index is 13.7. The lowest BCUT2D eigenvalue weighted by Gasteiger charge is -2.37. The van der Waals surface area contributed by atoms with Crippen LogP contribution in [-0.2, 0) is 19.1 Å². The zero-order chi connectivity index (χ0) is 22.9. The molecule has 2 bridgehead atoms. The Morgan fingerprint density at radius 1 is 1.32 bits per heavy atom. The molecule has 3 unspecified atom stereocenters. The molecule has 3 N–H and O–H groups in total. The van der Waals surface area contributed by atoms with Crippen LogP contribution in [0.5, 0.6) is 0 Å². The van der Waals surface area contributed by atoms with Crippen molar-refractivity contribution in [2.75, 3.05) is 20.2 Å². The molecule has 0 aromatic carbocycles. The van der Waals surface area contributed by atoms with Crippen LogP contribution in [-0.4, -0.2) is 76.5 Å². The molecule has 3 fully saturated rings. The zero-order valence-electron chi connectivity index (χ0n) is 18.9. The van der Waals surface area contributed by atoms with Gasteiger partial charge in [-0.25, -0.2) is 0 Å². The maximum atomic E-state index is 13.7. The number of alkyl halides is 1. The number of fused-ring (bicyclic) bond motifs is 1. The predicted molar refractivity (Wildman–Crippen MR) is 119 cm³/mol. The number of likely N-dealkylation sites (tertiary alicyclic amines) is 1.